The highest BCUT2D eigenvalue weighted by Crippen LogP contribution is 2.26. The Balaban J connectivity index is 0.00000180. The molecule has 0 atom stereocenters. The van der Waals surface area contributed by atoms with Crippen LogP contribution in [0.4, 0.5) is 0 Å². The molecule has 4 nitrogen and oxygen atoms in total. The first-order chi connectivity index (χ1) is 12.8. The summed E-state index contributed by atoms with van der Waals surface area (Å²) in [6.07, 6.45) is 6.10. The maximum absolute atomic E-state index is 4.88. The lowest BCUT2D eigenvalue weighted by Crippen LogP contribution is -3.00. The molecule has 5 aromatic rings. The Morgan fingerprint density at radius 1 is 0.815 bits per heavy atom. The lowest BCUT2D eigenvalue weighted by Gasteiger charge is -2.00. The average molecular weight is 373 g/mol. The Kier molecular flexibility index (Phi) is 4.34. The fraction of sp³-hybridized carbons (Fsp3) is 0.0455. The van der Waals surface area contributed by atoms with Crippen molar-refractivity contribution in [3.05, 3.63) is 90.9 Å². The first-order valence-corrected chi connectivity index (χ1v) is 8.61. The molecule has 0 radical (unpaired) electrons. The van der Waals surface area contributed by atoms with Gasteiger partial charge < -0.3 is 12.4 Å². The molecule has 5 rings (SSSR count). The molecule has 3 heterocycles. The van der Waals surface area contributed by atoms with E-state index in [1.165, 1.54) is 5.56 Å². The van der Waals surface area contributed by atoms with Gasteiger partial charge in [-0.25, -0.2) is 9.25 Å². The van der Waals surface area contributed by atoms with E-state index in [2.05, 4.69) is 43.5 Å². The van der Waals surface area contributed by atoms with Gasteiger partial charge in [-0.05, 0) is 48.3 Å². The van der Waals surface area contributed by atoms with Crippen molar-refractivity contribution in [3.8, 4) is 11.5 Å². The number of pyridine rings is 2. The van der Waals surface area contributed by atoms with Gasteiger partial charge in [0.2, 0.25) is 0 Å². The maximum atomic E-state index is 4.88. The number of benzene rings is 2. The van der Waals surface area contributed by atoms with Gasteiger partial charge in [-0.1, -0.05) is 35.9 Å². The van der Waals surface area contributed by atoms with Crippen LogP contribution in [0.25, 0.3) is 33.3 Å². The van der Waals surface area contributed by atoms with Crippen molar-refractivity contribution in [1.29, 1.82) is 0 Å². The number of hydrogen-bond donors (Lipinski definition) is 0. The van der Waals surface area contributed by atoms with Crippen molar-refractivity contribution >= 4 is 21.8 Å². The molecule has 0 bridgehead atoms. The molecule has 0 unspecified atom stereocenters. The number of nitrogens with zero attached hydrogens (tertiary/aromatic N) is 4. The molecule has 0 fully saturated rings. The van der Waals surface area contributed by atoms with E-state index in [1.807, 2.05) is 58.0 Å². The highest BCUT2D eigenvalue weighted by molar-refractivity contribution is 6.06. The van der Waals surface area contributed by atoms with Gasteiger partial charge in [0.05, 0.1) is 18.1 Å². The molecule has 0 aliphatic carbocycles. The van der Waals surface area contributed by atoms with Gasteiger partial charge in [0.15, 0.2) is 11.0 Å². The molecule has 0 saturated heterocycles. The molecule has 27 heavy (non-hydrogen) atoms. The fourth-order valence-corrected chi connectivity index (χ4v) is 3.25. The number of fused-ring (bicyclic) bond motifs is 3. The molecular formula is C22H17ClN4. The molecule has 0 saturated carbocycles. The lowest BCUT2D eigenvalue weighted by atomic mass is 10.1. The van der Waals surface area contributed by atoms with Gasteiger partial charge in [0, 0.05) is 17.0 Å². The van der Waals surface area contributed by atoms with E-state index in [0.29, 0.717) is 0 Å². The van der Waals surface area contributed by atoms with Crippen LogP contribution < -0.4 is 17.0 Å². The van der Waals surface area contributed by atoms with Crippen LogP contribution in [0, 0.1) is 6.92 Å². The molecule has 5 heteroatoms. The summed E-state index contributed by atoms with van der Waals surface area (Å²) < 4.78 is 3.95. The Bertz CT molecular complexity index is 1230. The van der Waals surface area contributed by atoms with Crippen LogP contribution in [0.1, 0.15) is 5.56 Å². The Labute approximate surface area is 163 Å². The summed E-state index contributed by atoms with van der Waals surface area (Å²) in [6, 6.07) is 22.6. The number of halogens is 1. The minimum absolute atomic E-state index is 0. The molecule has 0 aliphatic rings. The van der Waals surface area contributed by atoms with E-state index < -0.39 is 0 Å². The van der Waals surface area contributed by atoms with Crippen LogP contribution in [0.5, 0.6) is 0 Å². The van der Waals surface area contributed by atoms with E-state index in [-0.39, 0.29) is 12.4 Å². The SMILES string of the molecule is Cc1ccc(-n2cc3c(n2)c(-[n+]2ccccc2)nc2ccccc23)cc1.[Cl-]. The quantitative estimate of drug-likeness (QED) is 0.436. The van der Waals surface area contributed by atoms with Crippen molar-refractivity contribution in [1.82, 2.24) is 14.8 Å². The fourth-order valence-electron chi connectivity index (χ4n) is 3.25. The van der Waals surface area contributed by atoms with Crippen LogP contribution in [-0.4, -0.2) is 14.8 Å². The van der Waals surface area contributed by atoms with Crippen LogP contribution in [-0.2, 0) is 0 Å². The first kappa shape index (κ1) is 17.2. The minimum Gasteiger partial charge on any atom is -1.00 e. The van der Waals surface area contributed by atoms with Crippen LogP contribution >= 0.6 is 0 Å². The zero-order chi connectivity index (χ0) is 17.5. The summed E-state index contributed by atoms with van der Waals surface area (Å²) in [5.41, 5.74) is 4.13. The first-order valence-electron chi connectivity index (χ1n) is 8.61. The van der Waals surface area contributed by atoms with E-state index in [4.69, 9.17) is 10.1 Å². The normalized spacial score (nSPS) is 10.9. The van der Waals surface area contributed by atoms with E-state index in [0.717, 1.165) is 33.3 Å². The summed E-state index contributed by atoms with van der Waals surface area (Å²) >= 11 is 0. The van der Waals surface area contributed by atoms with Crippen LogP contribution in [0.2, 0.25) is 0 Å². The summed E-state index contributed by atoms with van der Waals surface area (Å²) in [5, 5.41) is 7.08. The standard InChI is InChI=1S/C22H17N4.ClH/c1-16-9-11-17(12-10-16)26-15-19-18-7-3-4-8-20(18)23-22(21(19)24-26)25-13-5-2-6-14-25;/h2-15H,1H3;1H/q+1;/p-1. The van der Waals surface area contributed by atoms with Crippen molar-refractivity contribution < 1.29 is 17.0 Å². The van der Waals surface area contributed by atoms with Gasteiger partial charge in [-0.3, -0.25) is 0 Å². The second kappa shape index (κ2) is 6.82. The molecule has 0 spiro atoms. The summed E-state index contributed by atoms with van der Waals surface area (Å²) in [7, 11) is 0. The maximum Gasteiger partial charge on any atom is 0.356 e. The number of para-hydroxylation sites is 1. The number of aryl methyl sites for hydroxylation is 1. The highest BCUT2D eigenvalue weighted by atomic mass is 35.5. The Morgan fingerprint density at radius 2 is 1.56 bits per heavy atom. The Morgan fingerprint density at radius 3 is 2.33 bits per heavy atom. The van der Waals surface area contributed by atoms with Crippen LogP contribution in [0.15, 0.2) is 85.3 Å². The largest absolute Gasteiger partial charge is 1.00 e. The molecule has 3 aromatic heterocycles. The van der Waals surface area contributed by atoms with E-state index in [9.17, 15) is 0 Å². The van der Waals surface area contributed by atoms with Gasteiger partial charge in [-0.15, -0.1) is 0 Å². The van der Waals surface area contributed by atoms with Crippen molar-refractivity contribution in [2.45, 2.75) is 6.92 Å². The lowest BCUT2D eigenvalue weighted by molar-refractivity contribution is -0.598. The number of rotatable bonds is 2. The third-order valence-electron chi connectivity index (χ3n) is 4.61. The Hall–Kier alpha value is -3.24. The van der Waals surface area contributed by atoms with Crippen molar-refractivity contribution in [2.75, 3.05) is 0 Å². The van der Waals surface area contributed by atoms with Gasteiger partial charge in [0.25, 0.3) is 0 Å². The second-order valence-corrected chi connectivity index (χ2v) is 6.41. The minimum atomic E-state index is 0. The van der Waals surface area contributed by atoms with E-state index in [1.54, 1.807) is 0 Å². The monoisotopic (exact) mass is 372 g/mol. The number of hydrogen-bond acceptors (Lipinski definition) is 2. The molecule has 0 amide bonds. The van der Waals surface area contributed by atoms with Gasteiger partial charge in [-0.2, -0.15) is 5.10 Å². The predicted molar refractivity (Wildman–Crippen MR) is 103 cm³/mol. The average Bonchev–Trinajstić information content (AvgIpc) is 3.14. The number of aromatic nitrogens is 4. The highest BCUT2D eigenvalue weighted by Gasteiger charge is 2.21. The molecular weight excluding hydrogens is 356 g/mol. The van der Waals surface area contributed by atoms with Crippen LogP contribution in [0.3, 0.4) is 0 Å². The predicted octanol–water partition coefficient (Wildman–Crippen LogP) is 1.16. The third kappa shape index (κ3) is 2.94. The molecule has 0 aliphatic heterocycles. The van der Waals surface area contributed by atoms with E-state index >= 15 is 0 Å². The molecule has 2 aromatic carbocycles. The van der Waals surface area contributed by atoms with Gasteiger partial charge in [0.1, 0.15) is 0 Å². The summed E-state index contributed by atoms with van der Waals surface area (Å²) in [6.45, 7) is 2.09. The third-order valence-corrected chi connectivity index (χ3v) is 4.61. The topological polar surface area (TPSA) is 34.6 Å². The molecule has 132 valence electrons. The second-order valence-electron chi connectivity index (χ2n) is 6.41. The zero-order valence-electron chi connectivity index (χ0n) is 14.7. The zero-order valence-corrected chi connectivity index (χ0v) is 15.5. The van der Waals surface area contributed by atoms with Crippen molar-refractivity contribution in [2.24, 2.45) is 0 Å². The van der Waals surface area contributed by atoms with Gasteiger partial charge >= 0.3 is 5.82 Å². The molecule has 0 N–H and O–H groups in total. The summed E-state index contributed by atoms with van der Waals surface area (Å²) in [4.78, 5) is 4.88. The van der Waals surface area contributed by atoms with Crippen molar-refractivity contribution in [3.63, 3.8) is 0 Å². The summed E-state index contributed by atoms with van der Waals surface area (Å²) in [5.74, 6) is 0.838. The smallest absolute Gasteiger partial charge is 0.356 e.